The van der Waals surface area contributed by atoms with Crippen molar-refractivity contribution in [2.24, 2.45) is 5.92 Å². The first kappa shape index (κ1) is 21.1. The fourth-order valence-corrected chi connectivity index (χ4v) is 2.93. The zero-order valence-electron chi connectivity index (χ0n) is 15.3. The minimum atomic E-state index is -4.85. The number of amides is 2. The molecule has 1 aliphatic heterocycles. The molecule has 150 valence electrons. The molecule has 5 nitrogen and oxygen atoms in total. The van der Waals surface area contributed by atoms with Gasteiger partial charge in [0.1, 0.15) is 5.75 Å². The third kappa shape index (κ3) is 7.11. The largest absolute Gasteiger partial charge is 0.494 e. The Labute approximate surface area is 156 Å². The van der Waals surface area contributed by atoms with Crippen molar-refractivity contribution in [3.8, 4) is 5.75 Å². The highest BCUT2D eigenvalue weighted by atomic mass is 19.4. The van der Waals surface area contributed by atoms with Crippen molar-refractivity contribution in [1.82, 2.24) is 10.2 Å². The zero-order valence-corrected chi connectivity index (χ0v) is 15.3. The van der Waals surface area contributed by atoms with Crippen molar-refractivity contribution in [3.63, 3.8) is 0 Å². The Balaban J connectivity index is 1.60. The molecule has 1 aromatic carbocycles. The number of nitrogens with one attached hydrogen (secondary N) is 1. The lowest BCUT2D eigenvalue weighted by Crippen LogP contribution is -2.44. The molecule has 27 heavy (non-hydrogen) atoms. The third-order valence-corrected chi connectivity index (χ3v) is 4.60. The highest BCUT2D eigenvalue weighted by Gasteiger charge is 2.38. The van der Waals surface area contributed by atoms with E-state index in [1.165, 1.54) is 0 Å². The Bertz CT molecular complexity index is 624. The Morgan fingerprint density at radius 1 is 1.19 bits per heavy atom. The Kier molecular flexibility index (Phi) is 7.50. The van der Waals surface area contributed by atoms with Crippen molar-refractivity contribution in [2.45, 2.75) is 38.8 Å². The molecule has 2 amide bonds. The fourth-order valence-electron chi connectivity index (χ4n) is 2.93. The van der Waals surface area contributed by atoms with E-state index in [4.69, 9.17) is 4.74 Å². The van der Waals surface area contributed by atoms with Crippen LogP contribution in [0.4, 0.5) is 13.2 Å². The maximum atomic E-state index is 12.2. The van der Waals surface area contributed by atoms with Gasteiger partial charge in [0.2, 0.25) is 5.91 Å². The maximum Gasteiger partial charge on any atom is 0.471 e. The first-order valence-corrected chi connectivity index (χ1v) is 9.08. The minimum Gasteiger partial charge on any atom is -0.494 e. The van der Waals surface area contributed by atoms with E-state index >= 15 is 0 Å². The summed E-state index contributed by atoms with van der Waals surface area (Å²) in [7, 11) is 0. The van der Waals surface area contributed by atoms with Crippen LogP contribution >= 0.6 is 0 Å². The monoisotopic (exact) mass is 386 g/mol. The fraction of sp³-hybridized carbons (Fsp3) is 0.579. The van der Waals surface area contributed by atoms with Crippen molar-refractivity contribution in [1.29, 1.82) is 0 Å². The van der Waals surface area contributed by atoms with Gasteiger partial charge >= 0.3 is 12.1 Å². The van der Waals surface area contributed by atoms with Crippen LogP contribution in [0.2, 0.25) is 0 Å². The van der Waals surface area contributed by atoms with Gasteiger partial charge in [-0.1, -0.05) is 17.7 Å². The van der Waals surface area contributed by atoms with Crippen LogP contribution in [0.5, 0.6) is 5.75 Å². The number of aryl methyl sites for hydroxylation is 1. The predicted molar refractivity (Wildman–Crippen MR) is 94.3 cm³/mol. The molecule has 0 unspecified atom stereocenters. The summed E-state index contributed by atoms with van der Waals surface area (Å²) in [5, 5.41) is 1.91. The van der Waals surface area contributed by atoms with E-state index in [0.29, 0.717) is 45.4 Å². The molecule has 1 heterocycles. The van der Waals surface area contributed by atoms with Crippen LogP contribution in [0.3, 0.4) is 0 Å². The Morgan fingerprint density at radius 2 is 1.81 bits per heavy atom. The molecule has 0 aliphatic carbocycles. The van der Waals surface area contributed by atoms with Gasteiger partial charge in [-0.2, -0.15) is 13.2 Å². The van der Waals surface area contributed by atoms with E-state index in [9.17, 15) is 22.8 Å². The average Bonchev–Trinajstić information content (AvgIpc) is 2.64. The Morgan fingerprint density at radius 3 is 2.41 bits per heavy atom. The number of likely N-dealkylation sites (tertiary alicyclic amines) is 1. The predicted octanol–water partition coefficient (Wildman–Crippen LogP) is 3.07. The van der Waals surface area contributed by atoms with Crippen molar-refractivity contribution < 1.29 is 27.5 Å². The summed E-state index contributed by atoms with van der Waals surface area (Å²) in [5.74, 6) is -1.14. The van der Waals surface area contributed by atoms with Crippen LogP contribution in [-0.2, 0) is 9.59 Å². The van der Waals surface area contributed by atoms with Crippen molar-refractivity contribution in [3.05, 3.63) is 29.8 Å². The van der Waals surface area contributed by atoms with Gasteiger partial charge in [-0.3, -0.25) is 9.59 Å². The number of halogens is 3. The molecule has 1 N–H and O–H groups in total. The number of rotatable bonds is 7. The topological polar surface area (TPSA) is 58.6 Å². The van der Waals surface area contributed by atoms with E-state index in [-0.39, 0.29) is 18.4 Å². The molecule has 0 spiro atoms. The van der Waals surface area contributed by atoms with E-state index in [1.54, 1.807) is 4.90 Å². The summed E-state index contributed by atoms with van der Waals surface area (Å²) in [6.45, 7) is 3.45. The Hall–Kier alpha value is -2.25. The van der Waals surface area contributed by atoms with Gasteiger partial charge < -0.3 is 15.0 Å². The summed E-state index contributed by atoms with van der Waals surface area (Å²) >= 11 is 0. The first-order chi connectivity index (χ1) is 12.8. The zero-order chi connectivity index (χ0) is 19.9. The number of ether oxygens (including phenoxy) is 1. The molecule has 0 radical (unpaired) electrons. The summed E-state index contributed by atoms with van der Waals surface area (Å²) in [6.07, 6.45) is -2.69. The molecule has 2 rings (SSSR count). The number of carbonyl (C=O) groups is 2. The minimum absolute atomic E-state index is 0.00916. The molecule has 0 bridgehead atoms. The number of carbonyl (C=O) groups excluding carboxylic acids is 2. The van der Waals surface area contributed by atoms with Gasteiger partial charge in [0.15, 0.2) is 0 Å². The third-order valence-electron chi connectivity index (χ3n) is 4.60. The molecule has 1 saturated heterocycles. The van der Waals surface area contributed by atoms with E-state index in [2.05, 4.69) is 0 Å². The number of alkyl halides is 3. The van der Waals surface area contributed by atoms with E-state index < -0.39 is 12.1 Å². The van der Waals surface area contributed by atoms with Crippen LogP contribution in [0.25, 0.3) is 0 Å². The molecule has 1 aliphatic rings. The summed E-state index contributed by atoms with van der Waals surface area (Å²) in [5.41, 5.74) is 1.15. The van der Waals surface area contributed by atoms with Gasteiger partial charge in [-0.15, -0.1) is 0 Å². The molecular formula is C19H25F3N2O3. The van der Waals surface area contributed by atoms with Crippen LogP contribution in [0.15, 0.2) is 24.3 Å². The standard InChI is InChI=1S/C19H25F3N2O3/c1-14-4-6-16(7-5-14)27-12-2-3-17(25)24-10-8-15(9-11-24)13-23-18(26)19(20,21)22/h4-7,15H,2-3,8-13H2,1H3,(H,23,26). The number of piperidine rings is 1. The number of hydrogen-bond donors (Lipinski definition) is 1. The lowest BCUT2D eigenvalue weighted by atomic mass is 9.96. The average molecular weight is 386 g/mol. The highest BCUT2D eigenvalue weighted by molar-refractivity contribution is 5.81. The maximum absolute atomic E-state index is 12.2. The van der Waals surface area contributed by atoms with Crippen LogP contribution in [0, 0.1) is 12.8 Å². The summed E-state index contributed by atoms with van der Waals surface area (Å²) in [6, 6.07) is 7.70. The van der Waals surface area contributed by atoms with Crippen LogP contribution in [0.1, 0.15) is 31.2 Å². The van der Waals surface area contributed by atoms with E-state index in [0.717, 1.165) is 11.3 Å². The van der Waals surface area contributed by atoms with Gasteiger partial charge in [0, 0.05) is 26.1 Å². The molecule has 8 heteroatoms. The smallest absolute Gasteiger partial charge is 0.471 e. The highest BCUT2D eigenvalue weighted by Crippen LogP contribution is 2.19. The van der Waals surface area contributed by atoms with Crippen LogP contribution in [-0.4, -0.2) is 49.1 Å². The molecule has 0 aromatic heterocycles. The molecule has 1 aromatic rings. The van der Waals surface area contributed by atoms with Crippen molar-refractivity contribution >= 4 is 11.8 Å². The molecule has 1 fully saturated rings. The first-order valence-electron chi connectivity index (χ1n) is 9.08. The summed E-state index contributed by atoms with van der Waals surface area (Å²) in [4.78, 5) is 24.8. The quantitative estimate of drug-likeness (QED) is 0.733. The van der Waals surface area contributed by atoms with Gasteiger partial charge in [-0.05, 0) is 44.2 Å². The number of hydrogen-bond acceptors (Lipinski definition) is 3. The second-order valence-electron chi connectivity index (χ2n) is 6.80. The number of benzene rings is 1. The van der Waals surface area contributed by atoms with Gasteiger partial charge in [-0.25, -0.2) is 0 Å². The lowest BCUT2D eigenvalue weighted by Gasteiger charge is -2.32. The second kappa shape index (κ2) is 9.62. The SMILES string of the molecule is Cc1ccc(OCCCC(=O)N2CCC(CNC(=O)C(F)(F)F)CC2)cc1. The van der Waals surface area contributed by atoms with Crippen LogP contribution < -0.4 is 10.1 Å². The van der Waals surface area contributed by atoms with Gasteiger partial charge in [0.05, 0.1) is 6.61 Å². The molecule has 0 atom stereocenters. The second-order valence-corrected chi connectivity index (χ2v) is 6.80. The summed E-state index contributed by atoms with van der Waals surface area (Å²) < 4.78 is 42.1. The van der Waals surface area contributed by atoms with E-state index in [1.807, 2.05) is 36.5 Å². The lowest BCUT2D eigenvalue weighted by molar-refractivity contribution is -0.173. The van der Waals surface area contributed by atoms with Gasteiger partial charge in [0.25, 0.3) is 0 Å². The molecular weight excluding hydrogens is 361 g/mol. The number of nitrogens with zero attached hydrogens (tertiary/aromatic N) is 1. The van der Waals surface area contributed by atoms with Crippen molar-refractivity contribution in [2.75, 3.05) is 26.2 Å². The molecule has 0 saturated carbocycles. The normalized spacial score (nSPS) is 15.5.